The van der Waals surface area contributed by atoms with Crippen LogP contribution >= 0.6 is 0 Å². The van der Waals surface area contributed by atoms with Crippen LogP contribution in [-0.4, -0.2) is 131 Å². The molecular weight excluding hydrogens is 861 g/mol. The summed E-state index contributed by atoms with van der Waals surface area (Å²) >= 11 is 0. The van der Waals surface area contributed by atoms with E-state index >= 15 is 0 Å². The maximum absolute atomic E-state index is 13.0. The molecule has 2 heterocycles. The predicted octanol–water partition coefficient (Wildman–Crippen LogP) is 7.96. The fourth-order valence-electron chi connectivity index (χ4n) is 9.95. The Morgan fingerprint density at radius 3 is 1.14 bits per heavy atom. The summed E-state index contributed by atoms with van der Waals surface area (Å²) in [4.78, 5) is 37.1. The van der Waals surface area contributed by atoms with Crippen molar-refractivity contribution in [1.82, 2.24) is 19.6 Å². The standard InChI is InChI=1S/C26H34N2O4S.C25H32N2O4S/c1-31-22-10-14-24(15-11-22)33(30)23-12-8-20(9-13-23)25(26(29)32-2)28-18-16-27(17-19-28)21-6-4-3-5-7-21;1-31-21-9-13-23(14-10-21)32(30)22-11-7-19(8-12-22)24(25(28)29)27-17-15-26(16-18-27)20-5-3-2-4-6-20/h8-15,21,25H,3-7,16-19H2,1-2H3;7-14,20,24H,2-6,15-18H2,1H3,(H,28,29). The van der Waals surface area contributed by atoms with Gasteiger partial charge in [-0.2, -0.15) is 0 Å². The van der Waals surface area contributed by atoms with Crippen molar-refractivity contribution in [2.24, 2.45) is 0 Å². The average Bonchev–Trinajstić information content (AvgIpc) is 3.37. The summed E-state index contributed by atoms with van der Waals surface area (Å²) in [5, 5.41) is 9.97. The first-order valence-corrected chi connectivity index (χ1v) is 25.6. The molecule has 350 valence electrons. The van der Waals surface area contributed by atoms with Crippen molar-refractivity contribution in [2.45, 2.75) is 108 Å². The first-order valence-electron chi connectivity index (χ1n) is 23.3. The number of nitrogens with zero attached hydrogens (tertiary/aromatic N) is 4. The summed E-state index contributed by atoms with van der Waals surface area (Å²) in [5.41, 5.74) is 1.61. The Labute approximate surface area is 390 Å². The summed E-state index contributed by atoms with van der Waals surface area (Å²) < 4.78 is 41.4. The van der Waals surface area contributed by atoms with Gasteiger partial charge in [0.25, 0.3) is 0 Å². The molecule has 2 saturated heterocycles. The van der Waals surface area contributed by atoms with E-state index in [4.69, 9.17) is 14.2 Å². The molecule has 14 heteroatoms. The van der Waals surface area contributed by atoms with E-state index in [2.05, 4.69) is 19.6 Å². The molecule has 2 saturated carbocycles. The number of rotatable bonds is 14. The molecule has 0 bridgehead atoms. The van der Waals surface area contributed by atoms with E-state index in [1.165, 1.54) is 71.3 Å². The molecule has 4 aliphatic rings. The van der Waals surface area contributed by atoms with Gasteiger partial charge in [0.1, 0.15) is 23.6 Å². The summed E-state index contributed by atoms with van der Waals surface area (Å²) in [5.74, 6) is 0.370. The molecule has 8 rings (SSSR count). The summed E-state index contributed by atoms with van der Waals surface area (Å²) in [6.07, 6.45) is 13.1. The van der Waals surface area contributed by atoms with E-state index in [1.54, 1.807) is 50.6 Å². The number of carbonyl (C=O) groups is 2. The Bertz CT molecular complexity index is 2160. The molecule has 4 aromatic rings. The molecule has 4 aromatic carbocycles. The second-order valence-electron chi connectivity index (χ2n) is 17.4. The highest BCUT2D eigenvalue weighted by Gasteiger charge is 2.35. The Morgan fingerprint density at radius 2 is 0.815 bits per heavy atom. The minimum atomic E-state index is -1.33. The van der Waals surface area contributed by atoms with Crippen molar-refractivity contribution in [3.63, 3.8) is 0 Å². The number of benzene rings is 4. The smallest absolute Gasteiger partial charge is 0.327 e. The van der Waals surface area contributed by atoms with E-state index in [-0.39, 0.29) is 5.97 Å². The van der Waals surface area contributed by atoms with Gasteiger partial charge < -0.3 is 19.3 Å². The third-order valence-corrected chi connectivity index (χ3v) is 16.4. The maximum Gasteiger partial charge on any atom is 0.327 e. The molecule has 2 aliphatic heterocycles. The lowest BCUT2D eigenvalue weighted by atomic mass is 9.93. The molecule has 4 atom stereocenters. The lowest BCUT2D eigenvalue weighted by Crippen LogP contribution is -2.52. The van der Waals surface area contributed by atoms with Gasteiger partial charge in [-0.05, 0) is 110 Å². The number of carboxylic acids is 1. The predicted molar refractivity (Wildman–Crippen MR) is 253 cm³/mol. The molecular formula is C51H66N4O8S2. The van der Waals surface area contributed by atoms with Gasteiger partial charge in [0.2, 0.25) is 0 Å². The van der Waals surface area contributed by atoms with Crippen molar-refractivity contribution in [2.75, 3.05) is 73.7 Å². The highest BCUT2D eigenvalue weighted by molar-refractivity contribution is 7.85. The zero-order valence-corrected chi connectivity index (χ0v) is 39.8. The average molecular weight is 927 g/mol. The first-order chi connectivity index (χ1) is 31.7. The van der Waals surface area contributed by atoms with Crippen LogP contribution in [0.2, 0.25) is 0 Å². The van der Waals surface area contributed by atoms with Gasteiger partial charge in [0.15, 0.2) is 0 Å². The third-order valence-electron chi connectivity index (χ3n) is 13.6. The van der Waals surface area contributed by atoms with Crippen LogP contribution in [-0.2, 0) is 35.9 Å². The maximum atomic E-state index is 13.0. The molecule has 0 spiro atoms. The number of esters is 1. The monoisotopic (exact) mass is 926 g/mol. The molecule has 4 unspecified atom stereocenters. The molecule has 4 fully saturated rings. The number of aliphatic carboxylic acids is 1. The van der Waals surface area contributed by atoms with Crippen molar-refractivity contribution in [1.29, 1.82) is 0 Å². The van der Waals surface area contributed by atoms with Crippen molar-refractivity contribution in [3.8, 4) is 11.5 Å². The largest absolute Gasteiger partial charge is 0.497 e. The summed E-state index contributed by atoms with van der Waals surface area (Å²) in [7, 11) is 2.03. The number of hydrogen-bond acceptors (Lipinski definition) is 11. The Balaban J connectivity index is 0.000000194. The minimum Gasteiger partial charge on any atom is -0.497 e. The Kier molecular flexibility index (Phi) is 17.8. The third kappa shape index (κ3) is 12.5. The Morgan fingerprint density at radius 1 is 0.492 bits per heavy atom. The van der Waals surface area contributed by atoms with Crippen LogP contribution in [0.1, 0.15) is 87.4 Å². The van der Waals surface area contributed by atoms with Crippen LogP contribution in [0.3, 0.4) is 0 Å². The Hall–Kier alpha value is -4.44. The van der Waals surface area contributed by atoms with Crippen LogP contribution in [0.4, 0.5) is 0 Å². The molecule has 12 nitrogen and oxygen atoms in total. The van der Waals surface area contributed by atoms with E-state index in [0.717, 1.165) is 69.2 Å². The quantitative estimate of drug-likeness (QED) is 0.123. The van der Waals surface area contributed by atoms with Gasteiger partial charge in [-0.1, -0.05) is 62.8 Å². The zero-order chi connectivity index (χ0) is 45.7. The summed E-state index contributed by atoms with van der Waals surface area (Å²) in [6, 6.07) is 29.3. The van der Waals surface area contributed by atoms with Crippen molar-refractivity contribution in [3.05, 3.63) is 108 Å². The van der Waals surface area contributed by atoms with Gasteiger partial charge in [0.05, 0.1) is 42.9 Å². The van der Waals surface area contributed by atoms with Gasteiger partial charge >= 0.3 is 11.9 Å². The topological polar surface area (TPSA) is 129 Å². The van der Waals surface area contributed by atoms with Crippen LogP contribution in [0.15, 0.2) is 117 Å². The molecule has 0 radical (unpaired) electrons. The molecule has 65 heavy (non-hydrogen) atoms. The number of methoxy groups -OCH3 is 3. The van der Waals surface area contributed by atoms with Crippen LogP contribution < -0.4 is 9.47 Å². The number of carboxylic acid groups (broad SMARTS) is 1. The number of carbonyl (C=O) groups excluding carboxylic acids is 1. The van der Waals surface area contributed by atoms with Gasteiger partial charge in [-0.25, -0.2) is 13.2 Å². The molecule has 0 amide bonds. The van der Waals surface area contributed by atoms with Gasteiger partial charge in [-0.15, -0.1) is 0 Å². The number of hydrogen-bond donors (Lipinski definition) is 1. The van der Waals surface area contributed by atoms with E-state index in [1.807, 2.05) is 60.7 Å². The molecule has 0 aromatic heterocycles. The summed E-state index contributed by atoms with van der Waals surface area (Å²) in [6.45, 7) is 7.02. The first kappa shape index (κ1) is 48.5. The number of ether oxygens (including phenoxy) is 3. The SMILES string of the molecule is COC(=O)C(c1ccc(S(=O)c2ccc(OC)cc2)cc1)N1CCN(C2CCCCC2)CC1.COc1ccc(S(=O)c2ccc(C(C(=O)O)N3CCN(C4CCCCC4)CC3)cc2)cc1. The fourth-order valence-corrected chi connectivity index (χ4v) is 12.0. The van der Waals surface area contributed by atoms with E-state index in [0.29, 0.717) is 37.4 Å². The normalized spacial score (nSPS) is 20.4. The lowest BCUT2D eigenvalue weighted by molar-refractivity contribution is -0.148. The van der Waals surface area contributed by atoms with E-state index < -0.39 is 39.7 Å². The van der Waals surface area contributed by atoms with Crippen LogP contribution in [0.25, 0.3) is 0 Å². The fraction of sp³-hybridized carbons (Fsp3) is 0.490. The van der Waals surface area contributed by atoms with Crippen molar-refractivity contribution >= 4 is 33.5 Å². The second-order valence-corrected chi connectivity index (χ2v) is 20.4. The van der Waals surface area contributed by atoms with Gasteiger partial charge in [0, 0.05) is 84.0 Å². The molecule has 1 N–H and O–H groups in total. The highest BCUT2D eigenvalue weighted by Crippen LogP contribution is 2.31. The van der Waals surface area contributed by atoms with Crippen LogP contribution in [0.5, 0.6) is 11.5 Å². The zero-order valence-electron chi connectivity index (χ0n) is 38.2. The van der Waals surface area contributed by atoms with Crippen LogP contribution in [0, 0.1) is 0 Å². The van der Waals surface area contributed by atoms with Gasteiger partial charge in [-0.3, -0.25) is 24.4 Å². The highest BCUT2D eigenvalue weighted by atomic mass is 32.2. The molecule has 2 aliphatic carbocycles. The van der Waals surface area contributed by atoms with Crippen molar-refractivity contribution < 1.29 is 37.3 Å². The van der Waals surface area contributed by atoms with E-state index in [9.17, 15) is 23.1 Å². The second kappa shape index (κ2) is 23.8. The number of piperazine rings is 2. The lowest BCUT2D eigenvalue weighted by Gasteiger charge is -2.42. The minimum absolute atomic E-state index is 0.245.